The first-order valence-electron chi connectivity index (χ1n) is 7.77. The Morgan fingerprint density at radius 1 is 1.26 bits per heavy atom. The van der Waals surface area contributed by atoms with Crippen molar-refractivity contribution in [3.63, 3.8) is 0 Å². The number of aryl methyl sites for hydroxylation is 3. The lowest BCUT2D eigenvalue weighted by Crippen LogP contribution is -3.00. The van der Waals surface area contributed by atoms with Gasteiger partial charge in [-0.15, -0.1) is 11.3 Å². The van der Waals surface area contributed by atoms with Crippen LogP contribution in [0.1, 0.15) is 34.4 Å². The molecule has 0 fully saturated rings. The second-order valence-corrected chi connectivity index (χ2v) is 7.14. The quantitative estimate of drug-likeness (QED) is 0.685. The van der Waals surface area contributed by atoms with Gasteiger partial charge < -0.3 is 12.4 Å². The molecule has 120 valence electrons. The molecule has 0 saturated carbocycles. The van der Waals surface area contributed by atoms with Crippen molar-refractivity contribution in [1.82, 2.24) is 9.55 Å². The predicted molar refractivity (Wildman–Crippen MR) is 90.8 cm³/mol. The highest BCUT2D eigenvalue weighted by molar-refractivity contribution is 7.18. The highest BCUT2D eigenvalue weighted by Crippen LogP contribution is 2.33. The Balaban J connectivity index is 0.00000156. The number of hydrogen-bond donors (Lipinski definition) is 0. The van der Waals surface area contributed by atoms with Gasteiger partial charge in [-0.1, -0.05) is 29.8 Å². The van der Waals surface area contributed by atoms with Crippen LogP contribution in [0.15, 0.2) is 35.4 Å². The van der Waals surface area contributed by atoms with E-state index in [2.05, 4.69) is 30.1 Å². The largest absolute Gasteiger partial charge is 1.00 e. The monoisotopic (exact) mass is 345 g/mol. The molecule has 23 heavy (non-hydrogen) atoms. The molecule has 4 rings (SSSR count). The van der Waals surface area contributed by atoms with Gasteiger partial charge >= 0.3 is 0 Å². The fourth-order valence-corrected chi connectivity index (χ4v) is 4.52. The summed E-state index contributed by atoms with van der Waals surface area (Å²) in [5.74, 6) is 0. The van der Waals surface area contributed by atoms with E-state index in [1.807, 2.05) is 6.07 Å². The average molecular weight is 346 g/mol. The number of nitrogens with zero attached hydrogens (tertiary/aromatic N) is 2. The third-order valence-electron chi connectivity index (χ3n) is 4.38. The minimum atomic E-state index is 0. The molecule has 0 spiro atoms. The van der Waals surface area contributed by atoms with Gasteiger partial charge in [0, 0.05) is 4.88 Å². The first-order chi connectivity index (χ1) is 10.7. The fourth-order valence-electron chi connectivity index (χ4n) is 3.30. The maximum absolute atomic E-state index is 12.9. The van der Waals surface area contributed by atoms with Crippen molar-refractivity contribution in [1.29, 1.82) is 0 Å². The van der Waals surface area contributed by atoms with Gasteiger partial charge in [0.05, 0.1) is 18.3 Å². The molecule has 0 radical (unpaired) electrons. The summed E-state index contributed by atoms with van der Waals surface area (Å²) in [5, 5.41) is 0.870. The van der Waals surface area contributed by atoms with Crippen molar-refractivity contribution in [2.24, 2.45) is 0 Å². The molecule has 0 saturated heterocycles. The van der Waals surface area contributed by atoms with E-state index >= 15 is 0 Å². The maximum atomic E-state index is 12.9. The Morgan fingerprint density at radius 2 is 2.09 bits per heavy atom. The van der Waals surface area contributed by atoms with E-state index < -0.39 is 0 Å². The van der Waals surface area contributed by atoms with Gasteiger partial charge in [0.2, 0.25) is 0 Å². The van der Waals surface area contributed by atoms with Crippen molar-refractivity contribution in [3.8, 4) is 0 Å². The number of thiophene rings is 1. The molecule has 2 heterocycles. The molecular formula is C18H18ClN2OS-. The van der Waals surface area contributed by atoms with Crippen molar-refractivity contribution < 1.29 is 12.4 Å². The van der Waals surface area contributed by atoms with Crippen LogP contribution in [0, 0.1) is 6.92 Å². The van der Waals surface area contributed by atoms with E-state index in [4.69, 9.17) is 0 Å². The van der Waals surface area contributed by atoms with E-state index in [0.717, 1.165) is 28.6 Å². The Bertz CT molecular complexity index is 913. The SMILES string of the molecule is Cc1cccc(Cn2cnc3sc4c(c3c2=O)CCCC4)c1.[Cl-]. The molecule has 0 atom stereocenters. The zero-order chi connectivity index (χ0) is 15.1. The summed E-state index contributed by atoms with van der Waals surface area (Å²) in [6.45, 7) is 2.66. The first-order valence-corrected chi connectivity index (χ1v) is 8.59. The third kappa shape index (κ3) is 2.93. The maximum Gasteiger partial charge on any atom is 0.262 e. The van der Waals surface area contributed by atoms with Crippen molar-refractivity contribution in [2.75, 3.05) is 0 Å². The molecule has 1 aliphatic carbocycles. The molecule has 0 bridgehead atoms. The molecule has 0 amide bonds. The smallest absolute Gasteiger partial charge is 0.262 e. The highest BCUT2D eigenvalue weighted by atomic mass is 35.5. The van der Waals surface area contributed by atoms with Crippen molar-refractivity contribution in [2.45, 2.75) is 39.2 Å². The molecule has 0 aliphatic heterocycles. The first kappa shape index (κ1) is 16.2. The fraction of sp³-hybridized carbons (Fsp3) is 0.333. The van der Waals surface area contributed by atoms with Gasteiger partial charge in [0.1, 0.15) is 4.83 Å². The van der Waals surface area contributed by atoms with Gasteiger partial charge in [-0.05, 0) is 43.7 Å². The summed E-state index contributed by atoms with van der Waals surface area (Å²) in [7, 11) is 0. The van der Waals surface area contributed by atoms with E-state index in [1.54, 1.807) is 22.2 Å². The molecule has 1 aromatic carbocycles. The second-order valence-electron chi connectivity index (χ2n) is 6.06. The van der Waals surface area contributed by atoms with Crippen LogP contribution in [0.2, 0.25) is 0 Å². The van der Waals surface area contributed by atoms with Gasteiger partial charge in [-0.2, -0.15) is 0 Å². The van der Waals surface area contributed by atoms with Crippen molar-refractivity contribution in [3.05, 3.63) is 62.5 Å². The summed E-state index contributed by atoms with van der Waals surface area (Å²) < 4.78 is 1.75. The lowest BCUT2D eigenvalue weighted by Gasteiger charge is -2.10. The summed E-state index contributed by atoms with van der Waals surface area (Å²) in [5.41, 5.74) is 3.74. The predicted octanol–water partition coefficient (Wildman–Crippen LogP) is 0.698. The standard InChI is InChI=1S/C18H18N2OS.ClH/c1-12-5-4-6-13(9-12)10-20-11-19-17-16(18(20)21)14-7-2-3-8-15(14)22-17;/h4-6,9,11H,2-3,7-8,10H2,1H3;1H/p-1. The molecule has 0 N–H and O–H groups in total. The lowest BCUT2D eigenvalue weighted by molar-refractivity contribution is -0.00000449. The van der Waals surface area contributed by atoms with Crippen LogP contribution in [0.5, 0.6) is 0 Å². The van der Waals surface area contributed by atoms with Crippen LogP contribution in [0.3, 0.4) is 0 Å². The van der Waals surface area contributed by atoms with E-state index in [0.29, 0.717) is 6.54 Å². The molecular weight excluding hydrogens is 328 g/mol. The van der Waals surface area contributed by atoms with Gasteiger partial charge in [0.25, 0.3) is 5.56 Å². The normalized spacial score (nSPS) is 13.6. The Kier molecular flexibility index (Phi) is 4.55. The third-order valence-corrected chi connectivity index (χ3v) is 5.58. The van der Waals surface area contributed by atoms with Crippen LogP contribution in [0.4, 0.5) is 0 Å². The summed E-state index contributed by atoms with van der Waals surface area (Å²) in [6.07, 6.45) is 6.26. The van der Waals surface area contributed by atoms with Crippen LogP contribution >= 0.6 is 11.3 Å². The van der Waals surface area contributed by atoms with E-state index in [-0.39, 0.29) is 18.0 Å². The lowest BCUT2D eigenvalue weighted by atomic mass is 9.97. The number of halogens is 1. The second kappa shape index (κ2) is 6.46. The Morgan fingerprint density at radius 3 is 2.91 bits per heavy atom. The topological polar surface area (TPSA) is 34.9 Å². The number of fused-ring (bicyclic) bond motifs is 3. The molecule has 3 aromatic rings. The molecule has 3 nitrogen and oxygen atoms in total. The minimum Gasteiger partial charge on any atom is -1.00 e. The zero-order valence-electron chi connectivity index (χ0n) is 13.0. The van der Waals surface area contributed by atoms with E-state index in [9.17, 15) is 4.79 Å². The minimum absolute atomic E-state index is 0. The summed E-state index contributed by atoms with van der Waals surface area (Å²) in [4.78, 5) is 19.7. The molecule has 1 aliphatic rings. The summed E-state index contributed by atoms with van der Waals surface area (Å²) in [6, 6.07) is 8.30. The molecule has 2 aromatic heterocycles. The van der Waals surface area contributed by atoms with Crippen LogP contribution in [0.25, 0.3) is 10.2 Å². The number of benzene rings is 1. The average Bonchev–Trinajstić information content (AvgIpc) is 2.89. The van der Waals surface area contributed by atoms with Crippen LogP contribution < -0.4 is 18.0 Å². The van der Waals surface area contributed by atoms with Crippen LogP contribution in [-0.2, 0) is 19.4 Å². The molecule has 0 unspecified atom stereocenters. The number of rotatable bonds is 2. The van der Waals surface area contributed by atoms with Gasteiger partial charge in [0.15, 0.2) is 0 Å². The van der Waals surface area contributed by atoms with Gasteiger partial charge in [-0.25, -0.2) is 4.98 Å². The Labute approximate surface area is 145 Å². The highest BCUT2D eigenvalue weighted by Gasteiger charge is 2.19. The number of aromatic nitrogens is 2. The van der Waals surface area contributed by atoms with E-state index in [1.165, 1.54) is 28.8 Å². The molecule has 5 heteroatoms. The van der Waals surface area contributed by atoms with Gasteiger partial charge in [-0.3, -0.25) is 9.36 Å². The van der Waals surface area contributed by atoms with Crippen molar-refractivity contribution >= 4 is 21.6 Å². The summed E-state index contributed by atoms with van der Waals surface area (Å²) >= 11 is 1.71. The number of hydrogen-bond acceptors (Lipinski definition) is 3. The zero-order valence-corrected chi connectivity index (χ0v) is 14.6. The van der Waals surface area contributed by atoms with Crippen LogP contribution in [-0.4, -0.2) is 9.55 Å². The Hall–Kier alpha value is -1.65.